The van der Waals surface area contributed by atoms with Gasteiger partial charge in [-0.05, 0) is 70.3 Å². The fourth-order valence-corrected chi connectivity index (χ4v) is 8.32. The number of hydrogen-bond donors (Lipinski definition) is 0. The summed E-state index contributed by atoms with van der Waals surface area (Å²) in [5, 5.41) is 12.0. The average molecular weight is 718 g/mol. The predicted octanol–water partition coefficient (Wildman–Crippen LogP) is 12.1. The van der Waals surface area contributed by atoms with Crippen molar-refractivity contribution >= 4 is 39.3 Å². The van der Waals surface area contributed by atoms with Crippen LogP contribution in [0.1, 0.15) is 26.3 Å². The van der Waals surface area contributed by atoms with Gasteiger partial charge in [0.2, 0.25) is 0 Å². The first-order valence-corrected chi connectivity index (χ1v) is 18.5. The van der Waals surface area contributed by atoms with Gasteiger partial charge in [0, 0.05) is 27.5 Å². The summed E-state index contributed by atoms with van der Waals surface area (Å²) >= 11 is 0. The molecular weight excluding hydrogens is 687 g/mol. The van der Waals surface area contributed by atoms with Crippen LogP contribution in [0.25, 0.3) is 72.0 Å². The van der Waals surface area contributed by atoms with Crippen molar-refractivity contribution in [1.29, 1.82) is 5.26 Å². The lowest BCUT2D eigenvalue weighted by molar-refractivity contribution is 0.0926. The molecule has 262 valence electrons. The Labute approximate surface area is 323 Å². The van der Waals surface area contributed by atoms with Gasteiger partial charge in [-0.15, -0.1) is 0 Å². The maximum Gasteiger partial charge on any atom is 0.268 e. The van der Waals surface area contributed by atoms with Crippen LogP contribution in [0, 0.1) is 11.3 Å². The van der Waals surface area contributed by atoms with E-state index in [0.717, 1.165) is 66.3 Å². The summed E-state index contributed by atoms with van der Waals surface area (Å²) in [6.07, 6.45) is 0. The SMILES string of the molecule is N#Cc1ccccc1-c1cccc2c1c1ccccc1n2-c1cccc2c1C(=O)N(c1c(-c3ccccc3)cc(-c3ccccc3)cc1-c1ccccc1)C2=O. The van der Waals surface area contributed by atoms with Gasteiger partial charge in [-0.2, -0.15) is 5.26 Å². The zero-order chi connectivity index (χ0) is 37.8. The third-order valence-electron chi connectivity index (χ3n) is 10.8. The zero-order valence-electron chi connectivity index (χ0n) is 30.1. The molecule has 0 saturated carbocycles. The highest BCUT2D eigenvalue weighted by molar-refractivity contribution is 6.37. The Morgan fingerprint density at radius 2 is 0.964 bits per heavy atom. The summed E-state index contributed by atoms with van der Waals surface area (Å²) in [6.45, 7) is 0. The molecule has 10 rings (SSSR count). The molecule has 1 aromatic heterocycles. The van der Waals surface area contributed by atoms with Crippen LogP contribution in [0.2, 0.25) is 0 Å². The Kier molecular flexibility index (Phi) is 7.76. The molecule has 56 heavy (non-hydrogen) atoms. The molecule has 1 aliphatic heterocycles. The van der Waals surface area contributed by atoms with Gasteiger partial charge in [0.1, 0.15) is 0 Å². The predicted molar refractivity (Wildman–Crippen MR) is 225 cm³/mol. The summed E-state index contributed by atoms with van der Waals surface area (Å²) in [6, 6.07) is 63.9. The van der Waals surface area contributed by atoms with Crippen LogP contribution in [0.4, 0.5) is 5.69 Å². The first-order valence-electron chi connectivity index (χ1n) is 18.5. The zero-order valence-corrected chi connectivity index (χ0v) is 30.1. The maximum atomic E-state index is 15.3. The number of nitriles is 1. The third-order valence-corrected chi connectivity index (χ3v) is 10.8. The Balaban J connectivity index is 1.23. The molecule has 0 bridgehead atoms. The molecule has 0 atom stereocenters. The van der Waals surface area contributed by atoms with E-state index >= 15 is 4.79 Å². The number of amides is 2. The van der Waals surface area contributed by atoms with Crippen molar-refractivity contribution < 1.29 is 9.59 Å². The first-order chi connectivity index (χ1) is 27.6. The van der Waals surface area contributed by atoms with Gasteiger partial charge in [0.05, 0.1) is 45.2 Å². The lowest BCUT2D eigenvalue weighted by atomic mass is 9.90. The standard InChI is InChI=1S/C51H31N3O2/c52-32-36-22-10-11-23-38(36)39-25-14-28-45-47(39)40-24-12-13-27-44(40)53(45)46-29-15-26-41-48(46)51(56)54(50(41)55)49-42(34-18-6-2-7-19-34)30-37(33-16-4-1-5-17-33)31-43(49)35-20-8-3-9-21-35/h1-31H. The van der Waals surface area contributed by atoms with Crippen LogP contribution in [0.3, 0.4) is 0 Å². The number of imide groups is 1. The number of fused-ring (bicyclic) bond motifs is 4. The highest BCUT2D eigenvalue weighted by Crippen LogP contribution is 2.47. The number of para-hydroxylation sites is 1. The van der Waals surface area contributed by atoms with Gasteiger partial charge < -0.3 is 4.57 Å². The van der Waals surface area contributed by atoms with Gasteiger partial charge in [-0.1, -0.05) is 146 Å². The second-order valence-electron chi connectivity index (χ2n) is 13.9. The summed E-state index contributed by atoms with van der Waals surface area (Å²) in [5.41, 5.74) is 11.3. The number of carbonyl (C=O) groups is 2. The minimum Gasteiger partial charge on any atom is -0.308 e. The van der Waals surface area contributed by atoms with E-state index in [0.29, 0.717) is 28.1 Å². The van der Waals surface area contributed by atoms with E-state index in [4.69, 9.17) is 0 Å². The molecule has 0 saturated heterocycles. The van der Waals surface area contributed by atoms with Crippen molar-refractivity contribution in [2.75, 3.05) is 4.90 Å². The van der Waals surface area contributed by atoms with Gasteiger partial charge >= 0.3 is 0 Å². The van der Waals surface area contributed by atoms with Gasteiger partial charge in [-0.3, -0.25) is 9.59 Å². The molecule has 5 heteroatoms. The largest absolute Gasteiger partial charge is 0.308 e. The third kappa shape index (κ3) is 5.09. The second-order valence-corrected chi connectivity index (χ2v) is 13.9. The molecule has 2 heterocycles. The van der Waals surface area contributed by atoms with Gasteiger partial charge in [0.25, 0.3) is 11.8 Å². The van der Waals surface area contributed by atoms with Crippen LogP contribution in [-0.4, -0.2) is 16.4 Å². The van der Waals surface area contributed by atoms with Crippen LogP contribution < -0.4 is 4.90 Å². The van der Waals surface area contributed by atoms with Crippen LogP contribution in [0.5, 0.6) is 0 Å². The molecule has 0 radical (unpaired) electrons. The molecule has 0 spiro atoms. The van der Waals surface area contributed by atoms with E-state index in [1.54, 1.807) is 6.07 Å². The number of aromatic nitrogens is 1. The number of benzene rings is 8. The fourth-order valence-electron chi connectivity index (χ4n) is 8.32. The molecule has 9 aromatic rings. The van der Waals surface area contributed by atoms with Crippen LogP contribution in [-0.2, 0) is 0 Å². The first kappa shape index (κ1) is 32.8. The highest BCUT2D eigenvalue weighted by atomic mass is 16.2. The minimum atomic E-state index is -0.390. The molecule has 8 aromatic carbocycles. The van der Waals surface area contributed by atoms with Crippen molar-refractivity contribution in [3.8, 4) is 56.3 Å². The molecule has 0 N–H and O–H groups in total. The molecule has 5 nitrogen and oxygen atoms in total. The molecule has 0 unspecified atom stereocenters. The van der Waals surface area contributed by atoms with Crippen LogP contribution in [0.15, 0.2) is 188 Å². The summed E-state index contributed by atoms with van der Waals surface area (Å²) in [4.78, 5) is 31.7. The fraction of sp³-hybridized carbons (Fsp3) is 0. The summed E-state index contributed by atoms with van der Waals surface area (Å²) in [7, 11) is 0. The van der Waals surface area contributed by atoms with E-state index in [1.807, 2.05) is 152 Å². The second kappa shape index (κ2) is 13.2. The number of anilines is 1. The summed E-state index contributed by atoms with van der Waals surface area (Å²) in [5.74, 6) is -0.766. The minimum absolute atomic E-state index is 0.341. The topological polar surface area (TPSA) is 66.1 Å². The Hall–Kier alpha value is -7.81. The quantitative estimate of drug-likeness (QED) is 0.161. The van der Waals surface area contributed by atoms with Crippen molar-refractivity contribution in [2.24, 2.45) is 0 Å². The van der Waals surface area contributed by atoms with Crippen LogP contribution >= 0.6 is 0 Å². The van der Waals surface area contributed by atoms with Gasteiger partial charge in [0.15, 0.2) is 0 Å². The maximum absolute atomic E-state index is 15.3. The van der Waals surface area contributed by atoms with E-state index in [9.17, 15) is 10.1 Å². The molecule has 0 fully saturated rings. The van der Waals surface area contributed by atoms with Crippen molar-refractivity contribution in [2.45, 2.75) is 0 Å². The normalized spacial score (nSPS) is 12.3. The number of hydrogen-bond acceptors (Lipinski definition) is 3. The highest BCUT2D eigenvalue weighted by Gasteiger charge is 2.42. The molecule has 0 aliphatic carbocycles. The smallest absolute Gasteiger partial charge is 0.268 e. The van der Waals surface area contributed by atoms with Crippen molar-refractivity contribution in [3.63, 3.8) is 0 Å². The number of rotatable bonds is 6. The molecular formula is C51H31N3O2. The van der Waals surface area contributed by atoms with Gasteiger partial charge in [-0.25, -0.2) is 4.90 Å². The lowest BCUT2D eigenvalue weighted by Gasteiger charge is -2.24. The summed E-state index contributed by atoms with van der Waals surface area (Å²) < 4.78 is 2.09. The van der Waals surface area contributed by atoms with E-state index in [-0.39, 0.29) is 11.8 Å². The average Bonchev–Trinajstić information content (AvgIpc) is 3.74. The van der Waals surface area contributed by atoms with Crippen molar-refractivity contribution in [1.82, 2.24) is 4.57 Å². The number of carbonyl (C=O) groups excluding carboxylic acids is 2. The lowest BCUT2D eigenvalue weighted by Crippen LogP contribution is -2.30. The Morgan fingerprint density at radius 3 is 1.64 bits per heavy atom. The van der Waals surface area contributed by atoms with Crippen molar-refractivity contribution in [3.05, 3.63) is 205 Å². The van der Waals surface area contributed by atoms with E-state index in [2.05, 4.69) is 41.0 Å². The van der Waals surface area contributed by atoms with E-state index < -0.39 is 0 Å². The molecule has 1 aliphatic rings. The van der Waals surface area contributed by atoms with E-state index in [1.165, 1.54) is 4.90 Å². The number of nitrogens with zero attached hydrogens (tertiary/aromatic N) is 3. The molecule has 2 amide bonds. The Morgan fingerprint density at radius 1 is 0.429 bits per heavy atom. The monoisotopic (exact) mass is 717 g/mol. The Bertz CT molecular complexity index is 3010.